The van der Waals surface area contributed by atoms with Crippen LogP contribution >= 0.6 is 11.6 Å². The molecule has 1 heterocycles. The number of rotatable bonds is 3. The second-order valence-electron chi connectivity index (χ2n) is 9.47. The normalized spacial score (nSPS) is 36.0. The van der Waals surface area contributed by atoms with E-state index in [4.69, 9.17) is 11.6 Å². The maximum absolute atomic E-state index is 13.6. The summed E-state index contributed by atoms with van der Waals surface area (Å²) in [6, 6.07) is 3.71. The Balaban J connectivity index is 1.33. The Morgan fingerprint density at radius 3 is 2.36 bits per heavy atom. The molecule has 4 saturated carbocycles. The number of amides is 2. The van der Waals surface area contributed by atoms with Crippen LogP contribution < -0.4 is 5.32 Å². The first kappa shape index (κ1) is 18.4. The van der Waals surface area contributed by atoms with Crippen molar-refractivity contribution in [1.82, 2.24) is 4.90 Å². The molecule has 150 valence electrons. The van der Waals surface area contributed by atoms with Gasteiger partial charge in [0, 0.05) is 12.2 Å². The number of carbonyl (C=O) groups is 2. The van der Waals surface area contributed by atoms with Crippen molar-refractivity contribution >= 4 is 29.1 Å². The van der Waals surface area contributed by atoms with Crippen molar-refractivity contribution in [3.8, 4) is 0 Å². The minimum Gasteiger partial charge on any atom is -0.330 e. The largest absolute Gasteiger partial charge is 0.330 e. The fourth-order valence-electron chi connectivity index (χ4n) is 6.76. The molecule has 1 unspecified atom stereocenters. The van der Waals surface area contributed by atoms with Crippen molar-refractivity contribution in [1.29, 1.82) is 0 Å². The Hall–Kier alpha value is -1.62. The van der Waals surface area contributed by atoms with Crippen molar-refractivity contribution < 1.29 is 14.0 Å². The third-order valence-corrected chi connectivity index (χ3v) is 7.79. The van der Waals surface area contributed by atoms with Gasteiger partial charge in [-0.1, -0.05) is 11.6 Å². The molecule has 6 rings (SSSR count). The van der Waals surface area contributed by atoms with Gasteiger partial charge in [-0.25, -0.2) is 4.39 Å². The molecule has 28 heavy (non-hydrogen) atoms. The molecule has 0 radical (unpaired) electrons. The van der Waals surface area contributed by atoms with Crippen LogP contribution in [0.25, 0.3) is 0 Å². The van der Waals surface area contributed by atoms with E-state index in [1.54, 1.807) is 0 Å². The molecule has 0 spiro atoms. The minimum atomic E-state index is -0.515. The molecule has 4 nitrogen and oxygen atoms in total. The van der Waals surface area contributed by atoms with E-state index in [1.165, 1.54) is 37.5 Å². The van der Waals surface area contributed by atoms with E-state index < -0.39 is 11.9 Å². The summed E-state index contributed by atoms with van der Waals surface area (Å²) in [5, 5.41) is 2.80. The highest BCUT2D eigenvalue weighted by Crippen LogP contribution is 2.60. The highest BCUT2D eigenvalue weighted by atomic mass is 35.5. The maximum Gasteiger partial charge on any atom is 0.247 e. The number of hydrogen-bond acceptors (Lipinski definition) is 2. The number of carbonyl (C=O) groups excluding carboxylic acids is 2. The zero-order valence-electron chi connectivity index (χ0n) is 15.9. The molecule has 5 aliphatic rings. The lowest BCUT2D eigenvalue weighted by molar-refractivity contribution is -0.160. The van der Waals surface area contributed by atoms with Gasteiger partial charge in [-0.15, -0.1) is 0 Å². The smallest absolute Gasteiger partial charge is 0.247 e. The SMILES string of the molecule is O=C(Nc1ccc(F)c(Cl)c1)C1CCCN1C(=O)C12CC3CC(CC(C3)C1)C2. The Bertz CT molecular complexity index is 791. The highest BCUT2D eigenvalue weighted by molar-refractivity contribution is 6.31. The molecule has 1 aliphatic heterocycles. The Morgan fingerprint density at radius 2 is 1.75 bits per heavy atom. The number of benzene rings is 1. The lowest BCUT2D eigenvalue weighted by Gasteiger charge is -2.56. The topological polar surface area (TPSA) is 49.4 Å². The Kier molecular flexibility index (Phi) is 4.42. The second-order valence-corrected chi connectivity index (χ2v) is 9.88. The first-order chi connectivity index (χ1) is 13.4. The number of nitrogens with one attached hydrogen (secondary N) is 1. The molecule has 1 N–H and O–H groups in total. The average molecular weight is 405 g/mol. The number of hydrogen-bond donors (Lipinski definition) is 1. The van der Waals surface area contributed by atoms with E-state index in [0.717, 1.165) is 25.7 Å². The lowest BCUT2D eigenvalue weighted by atomic mass is 9.49. The summed E-state index contributed by atoms with van der Waals surface area (Å²) in [6.07, 6.45) is 8.44. The van der Waals surface area contributed by atoms with Gasteiger partial charge in [-0.3, -0.25) is 9.59 Å². The van der Waals surface area contributed by atoms with Crippen molar-refractivity contribution in [2.75, 3.05) is 11.9 Å². The van der Waals surface area contributed by atoms with Gasteiger partial charge < -0.3 is 10.2 Å². The van der Waals surface area contributed by atoms with Gasteiger partial charge in [0.2, 0.25) is 11.8 Å². The molecule has 1 aromatic rings. The third-order valence-electron chi connectivity index (χ3n) is 7.50. The minimum absolute atomic E-state index is 0.0225. The quantitative estimate of drug-likeness (QED) is 0.798. The van der Waals surface area contributed by atoms with E-state index in [1.807, 2.05) is 4.90 Å². The van der Waals surface area contributed by atoms with E-state index in [-0.39, 0.29) is 22.3 Å². The van der Waals surface area contributed by atoms with Gasteiger partial charge in [0.25, 0.3) is 0 Å². The van der Waals surface area contributed by atoms with Gasteiger partial charge in [-0.2, -0.15) is 0 Å². The van der Waals surface area contributed by atoms with Crippen LogP contribution in [0, 0.1) is 29.0 Å². The molecular weight excluding hydrogens is 379 g/mol. The van der Waals surface area contributed by atoms with Crippen LogP contribution in [0.2, 0.25) is 5.02 Å². The molecule has 6 heteroatoms. The molecule has 2 amide bonds. The van der Waals surface area contributed by atoms with Crippen molar-refractivity contribution in [3.05, 3.63) is 29.0 Å². The van der Waals surface area contributed by atoms with Crippen LogP contribution in [0.15, 0.2) is 18.2 Å². The summed E-state index contributed by atoms with van der Waals surface area (Å²) < 4.78 is 13.4. The first-order valence-corrected chi connectivity index (χ1v) is 10.9. The molecule has 0 aromatic heterocycles. The van der Waals surface area contributed by atoms with Crippen LogP contribution in [-0.4, -0.2) is 29.3 Å². The second kappa shape index (κ2) is 6.72. The van der Waals surface area contributed by atoms with Gasteiger partial charge in [0.1, 0.15) is 11.9 Å². The van der Waals surface area contributed by atoms with Gasteiger partial charge in [0.15, 0.2) is 0 Å². The van der Waals surface area contributed by atoms with Crippen LogP contribution in [0.5, 0.6) is 0 Å². The highest BCUT2D eigenvalue weighted by Gasteiger charge is 2.56. The molecule has 1 atom stereocenters. The van der Waals surface area contributed by atoms with Gasteiger partial charge in [-0.05, 0) is 87.3 Å². The summed E-state index contributed by atoms with van der Waals surface area (Å²) in [5.41, 5.74) is 0.238. The first-order valence-electron chi connectivity index (χ1n) is 10.5. The summed E-state index contributed by atoms with van der Waals surface area (Å²) in [7, 11) is 0. The Labute approximate surface area is 169 Å². The number of halogens is 2. The molecule has 4 bridgehead atoms. The van der Waals surface area contributed by atoms with Crippen molar-refractivity contribution in [3.63, 3.8) is 0 Å². The number of anilines is 1. The summed E-state index contributed by atoms with van der Waals surface area (Å²) in [4.78, 5) is 28.4. The molecule has 5 fully saturated rings. The lowest BCUT2D eigenvalue weighted by Crippen LogP contribution is -2.56. The third kappa shape index (κ3) is 3.02. The molecule has 1 aromatic carbocycles. The fraction of sp³-hybridized carbons (Fsp3) is 0.636. The fourth-order valence-corrected chi connectivity index (χ4v) is 6.94. The van der Waals surface area contributed by atoms with E-state index >= 15 is 0 Å². The number of likely N-dealkylation sites (tertiary alicyclic amines) is 1. The number of nitrogens with zero attached hydrogens (tertiary/aromatic N) is 1. The molecule has 4 aliphatic carbocycles. The summed E-state index contributed by atoms with van der Waals surface area (Å²) >= 11 is 5.82. The monoisotopic (exact) mass is 404 g/mol. The van der Waals surface area contributed by atoms with Crippen LogP contribution in [0.3, 0.4) is 0 Å². The Morgan fingerprint density at radius 1 is 1.11 bits per heavy atom. The average Bonchev–Trinajstić information content (AvgIpc) is 3.13. The standard InChI is InChI=1S/C22H26ClFN2O2/c23-17-9-16(3-4-18(17)24)25-20(27)19-2-1-5-26(19)21(28)22-10-13-6-14(11-22)8-15(7-13)12-22/h3-4,9,13-15,19H,1-2,5-8,10-12H2,(H,25,27). The van der Waals surface area contributed by atoms with Crippen LogP contribution in [-0.2, 0) is 9.59 Å². The zero-order chi connectivity index (χ0) is 19.5. The van der Waals surface area contributed by atoms with Crippen molar-refractivity contribution in [2.45, 2.75) is 57.4 Å². The van der Waals surface area contributed by atoms with Gasteiger partial charge in [0.05, 0.1) is 10.4 Å². The molecule has 1 saturated heterocycles. The van der Waals surface area contributed by atoms with Crippen molar-refractivity contribution in [2.24, 2.45) is 23.2 Å². The zero-order valence-corrected chi connectivity index (χ0v) is 16.7. The van der Waals surface area contributed by atoms with Crippen LogP contribution in [0.1, 0.15) is 51.4 Å². The van der Waals surface area contributed by atoms with E-state index in [9.17, 15) is 14.0 Å². The van der Waals surface area contributed by atoms with E-state index in [0.29, 0.717) is 36.4 Å². The van der Waals surface area contributed by atoms with Crippen LogP contribution in [0.4, 0.5) is 10.1 Å². The van der Waals surface area contributed by atoms with E-state index in [2.05, 4.69) is 5.32 Å². The molecular formula is C22H26ClFN2O2. The predicted octanol–water partition coefficient (Wildman–Crippen LogP) is 4.63. The van der Waals surface area contributed by atoms with Gasteiger partial charge >= 0.3 is 0 Å². The predicted molar refractivity (Wildman–Crippen MR) is 105 cm³/mol. The summed E-state index contributed by atoms with van der Waals surface area (Å²) in [5.74, 6) is 1.60. The summed E-state index contributed by atoms with van der Waals surface area (Å²) in [6.45, 7) is 0.656. The maximum atomic E-state index is 13.6.